The predicted octanol–water partition coefficient (Wildman–Crippen LogP) is 0.670. The summed E-state index contributed by atoms with van der Waals surface area (Å²) in [6, 6.07) is 0. The van der Waals surface area contributed by atoms with Crippen LogP contribution in [0.4, 0.5) is 0 Å². The second-order valence-electron chi connectivity index (χ2n) is 1.93. The lowest BCUT2D eigenvalue weighted by atomic mass is 10.3. The summed E-state index contributed by atoms with van der Waals surface area (Å²) < 4.78 is 5.11. The molecule has 1 saturated heterocycles. The summed E-state index contributed by atoms with van der Waals surface area (Å²) in [5.41, 5.74) is 0. The van der Waals surface area contributed by atoms with Gasteiger partial charge >= 0.3 is 0 Å². The van der Waals surface area contributed by atoms with Crippen LogP contribution in [-0.4, -0.2) is 17.8 Å². The van der Waals surface area contributed by atoms with Crippen molar-refractivity contribution in [1.82, 2.24) is 5.32 Å². The molecule has 1 aliphatic rings. The Labute approximate surface area is 54.2 Å². The summed E-state index contributed by atoms with van der Waals surface area (Å²) >= 11 is 4.75. The van der Waals surface area contributed by atoms with Crippen LogP contribution in [0.25, 0.3) is 0 Å². The van der Waals surface area contributed by atoms with E-state index in [1.807, 2.05) is 6.92 Å². The van der Waals surface area contributed by atoms with Crippen LogP contribution >= 0.6 is 12.2 Å². The number of rotatable bonds is 0. The molecule has 46 valence electrons. The van der Waals surface area contributed by atoms with E-state index in [0.29, 0.717) is 11.3 Å². The number of hydrogen-bond donors (Lipinski definition) is 1. The Morgan fingerprint density at radius 3 is 3.00 bits per heavy atom. The molecule has 0 aliphatic carbocycles. The van der Waals surface area contributed by atoms with Gasteiger partial charge in [0.1, 0.15) is 6.10 Å². The summed E-state index contributed by atoms with van der Waals surface area (Å²) in [5.74, 6) is 0. The van der Waals surface area contributed by atoms with Crippen LogP contribution in [0.15, 0.2) is 0 Å². The normalized spacial score (nSPS) is 28.6. The Morgan fingerprint density at radius 1 is 1.88 bits per heavy atom. The van der Waals surface area contributed by atoms with Gasteiger partial charge in [0.15, 0.2) is 0 Å². The van der Waals surface area contributed by atoms with Crippen molar-refractivity contribution in [3.05, 3.63) is 0 Å². The van der Waals surface area contributed by atoms with Crippen molar-refractivity contribution >= 4 is 17.4 Å². The average Bonchev–Trinajstić information content (AvgIpc) is 1.64. The van der Waals surface area contributed by atoms with E-state index in [4.69, 9.17) is 17.0 Å². The number of thiocarbonyl (C=S) groups is 1. The van der Waals surface area contributed by atoms with E-state index in [-0.39, 0.29) is 0 Å². The van der Waals surface area contributed by atoms with Gasteiger partial charge in [-0.1, -0.05) is 0 Å². The summed E-state index contributed by atoms with van der Waals surface area (Å²) in [7, 11) is 0. The third-order valence-corrected chi connectivity index (χ3v) is 1.37. The predicted molar refractivity (Wildman–Crippen MR) is 35.8 cm³/mol. The molecule has 0 bridgehead atoms. The van der Waals surface area contributed by atoms with Crippen LogP contribution in [0.1, 0.15) is 13.3 Å². The molecule has 1 N–H and O–H groups in total. The van der Waals surface area contributed by atoms with Gasteiger partial charge in [-0.25, -0.2) is 0 Å². The van der Waals surface area contributed by atoms with Gasteiger partial charge in [0, 0.05) is 13.0 Å². The Bertz CT molecular complexity index is 105. The van der Waals surface area contributed by atoms with Crippen LogP contribution in [0.5, 0.6) is 0 Å². The quantitative estimate of drug-likeness (QED) is 0.488. The number of nitrogens with one attached hydrogen (secondary N) is 1. The highest BCUT2D eigenvalue weighted by atomic mass is 32.1. The molecule has 0 aromatic rings. The molecule has 0 radical (unpaired) electrons. The third-order valence-electron chi connectivity index (χ3n) is 1.13. The average molecular weight is 131 g/mol. The Morgan fingerprint density at radius 2 is 2.62 bits per heavy atom. The van der Waals surface area contributed by atoms with Crippen molar-refractivity contribution in [2.45, 2.75) is 19.4 Å². The molecule has 0 amide bonds. The van der Waals surface area contributed by atoms with Crippen molar-refractivity contribution in [2.24, 2.45) is 0 Å². The second kappa shape index (κ2) is 2.31. The first-order valence-corrected chi connectivity index (χ1v) is 3.14. The van der Waals surface area contributed by atoms with Crippen molar-refractivity contribution < 1.29 is 4.74 Å². The van der Waals surface area contributed by atoms with E-state index >= 15 is 0 Å². The first kappa shape index (κ1) is 5.82. The topological polar surface area (TPSA) is 21.3 Å². The van der Waals surface area contributed by atoms with E-state index in [9.17, 15) is 0 Å². The summed E-state index contributed by atoms with van der Waals surface area (Å²) in [6.07, 6.45) is 1.36. The molecule has 1 heterocycles. The molecule has 8 heavy (non-hydrogen) atoms. The summed E-state index contributed by atoms with van der Waals surface area (Å²) in [6.45, 7) is 2.98. The maximum Gasteiger partial charge on any atom is 0.256 e. The van der Waals surface area contributed by atoms with Crippen LogP contribution < -0.4 is 5.32 Å². The van der Waals surface area contributed by atoms with Crippen molar-refractivity contribution in [1.29, 1.82) is 0 Å². The zero-order chi connectivity index (χ0) is 5.98. The molecular weight excluding hydrogens is 122 g/mol. The molecule has 3 heteroatoms. The van der Waals surface area contributed by atoms with E-state index in [1.165, 1.54) is 0 Å². The van der Waals surface area contributed by atoms with E-state index in [1.54, 1.807) is 0 Å². The molecule has 0 aromatic carbocycles. The Hall–Kier alpha value is -0.310. The first-order valence-electron chi connectivity index (χ1n) is 2.73. The van der Waals surface area contributed by atoms with Crippen LogP contribution in [0.2, 0.25) is 0 Å². The molecular formula is C5H9NOS. The summed E-state index contributed by atoms with van der Waals surface area (Å²) in [5, 5.41) is 3.47. The minimum absolute atomic E-state index is 0.309. The van der Waals surface area contributed by atoms with Crippen molar-refractivity contribution in [3.8, 4) is 0 Å². The highest BCUT2D eigenvalue weighted by Crippen LogP contribution is 2.01. The van der Waals surface area contributed by atoms with Gasteiger partial charge in [-0.2, -0.15) is 0 Å². The Balaban J connectivity index is 2.34. The van der Waals surface area contributed by atoms with Crippen molar-refractivity contribution in [3.63, 3.8) is 0 Å². The molecule has 1 fully saturated rings. The lowest BCUT2D eigenvalue weighted by Gasteiger charge is -2.21. The molecule has 1 rings (SSSR count). The molecule has 2 nitrogen and oxygen atoms in total. The molecule has 0 spiro atoms. The molecule has 0 unspecified atom stereocenters. The van der Waals surface area contributed by atoms with Gasteiger partial charge in [-0.3, -0.25) is 0 Å². The third kappa shape index (κ3) is 1.33. The maximum atomic E-state index is 5.11. The lowest BCUT2D eigenvalue weighted by Crippen LogP contribution is -2.35. The van der Waals surface area contributed by atoms with E-state index < -0.39 is 0 Å². The smallest absolute Gasteiger partial charge is 0.256 e. The highest BCUT2D eigenvalue weighted by Gasteiger charge is 2.10. The first-order chi connectivity index (χ1) is 3.79. The maximum absolute atomic E-state index is 5.11. The van der Waals surface area contributed by atoms with Crippen LogP contribution in [-0.2, 0) is 4.74 Å². The van der Waals surface area contributed by atoms with Gasteiger partial charge in [-0.15, -0.1) is 0 Å². The fraction of sp³-hybridized carbons (Fsp3) is 0.800. The molecule has 1 atom stereocenters. The van der Waals surface area contributed by atoms with Gasteiger partial charge in [0.25, 0.3) is 5.17 Å². The number of hydrogen-bond acceptors (Lipinski definition) is 2. The Kier molecular flexibility index (Phi) is 1.68. The van der Waals surface area contributed by atoms with Gasteiger partial charge in [0.2, 0.25) is 0 Å². The van der Waals surface area contributed by atoms with Crippen LogP contribution in [0.3, 0.4) is 0 Å². The SMILES string of the molecule is C[C@H]1CCNC(=S)O1. The largest absolute Gasteiger partial charge is 0.468 e. The fourth-order valence-electron chi connectivity index (χ4n) is 0.661. The molecule has 0 aromatic heterocycles. The van der Waals surface area contributed by atoms with E-state index in [2.05, 4.69) is 5.32 Å². The fourth-order valence-corrected chi connectivity index (χ4v) is 0.927. The molecule has 1 aliphatic heterocycles. The zero-order valence-electron chi connectivity index (χ0n) is 4.81. The minimum atomic E-state index is 0.309. The van der Waals surface area contributed by atoms with Crippen LogP contribution in [0, 0.1) is 0 Å². The minimum Gasteiger partial charge on any atom is -0.468 e. The second-order valence-corrected chi connectivity index (χ2v) is 2.30. The lowest BCUT2D eigenvalue weighted by molar-refractivity contribution is 0.172. The van der Waals surface area contributed by atoms with Gasteiger partial charge in [-0.05, 0) is 19.1 Å². The van der Waals surface area contributed by atoms with Crippen molar-refractivity contribution in [2.75, 3.05) is 6.54 Å². The monoisotopic (exact) mass is 131 g/mol. The molecule has 0 saturated carbocycles. The zero-order valence-corrected chi connectivity index (χ0v) is 5.62. The van der Waals surface area contributed by atoms with Gasteiger partial charge in [0.05, 0.1) is 0 Å². The summed E-state index contributed by atoms with van der Waals surface area (Å²) in [4.78, 5) is 0. The highest BCUT2D eigenvalue weighted by molar-refractivity contribution is 7.80. The van der Waals surface area contributed by atoms with E-state index in [0.717, 1.165) is 13.0 Å². The standard InChI is InChI=1S/C5H9NOS/c1-4-2-3-6-5(8)7-4/h4H,2-3H2,1H3,(H,6,8)/t4-/m0/s1. The number of ether oxygens (including phenoxy) is 1. The van der Waals surface area contributed by atoms with Gasteiger partial charge < -0.3 is 10.1 Å².